The van der Waals surface area contributed by atoms with Crippen LogP contribution in [0.25, 0.3) is 0 Å². The lowest BCUT2D eigenvalue weighted by Gasteiger charge is -2.35. The summed E-state index contributed by atoms with van der Waals surface area (Å²) in [6.45, 7) is 2.36. The Kier molecular flexibility index (Phi) is 4.62. The molecule has 1 amide bonds. The van der Waals surface area contributed by atoms with E-state index in [9.17, 15) is 4.79 Å². The number of carbonyl (C=O) groups is 1. The summed E-state index contributed by atoms with van der Waals surface area (Å²) in [7, 11) is 4.13. The molecule has 1 aromatic rings. The van der Waals surface area contributed by atoms with E-state index >= 15 is 0 Å². The molecule has 0 saturated carbocycles. The third-order valence-corrected chi connectivity index (χ3v) is 4.57. The van der Waals surface area contributed by atoms with Crippen molar-refractivity contribution < 1.29 is 4.79 Å². The van der Waals surface area contributed by atoms with Gasteiger partial charge in [-0.05, 0) is 45.8 Å². The smallest absolute Gasteiger partial charge is 0.227 e. The topological polar surface area (TPSA) is 41.4 Å². The van der Waals surface area contributed by atoms with Gasteiger partial charge in [-0.2, -0.15) is 5.10 Å². The van der Waals surface area contributed by atoms with Gasteiger partial charge in [-0.15, -0.1) is 0 Å². The molecule has 3 rings (SSSR count). The van der Waals surface area contributed by atoms with Gasteiger partial charge in [-0.3, -0.25) is 9.48 Å². The molecule has 0 fully saturated rings. The van der Waals surface area contributed by atoms with E-state index in [4.69, 9.17) is 0 Å². The number of amides is 1. The number of aromatic nitrogens is 2. The molecule has 1 aliphatic heterocycles. The van der Waals surface area contributed by atoms with Crippen molar-refractivity contribution in [3.63, 3.8) is 0 Å². The molecule has 0 radical (unpaired) electrons. The van der Waals surface area contributed by atoms with Gasteiger partial charge in [-0.25, -0.2) is 0 Å². The zero-order chi connectivity index (χ0) is 15.5. The van der Waals surface area contributed by atoms with Crippen molar-refractivity contribution in [3.05, 3.63) is 29.6 Å². The van der Waals surface area contributed by atoms with E-state index < -0.39 is 0 Å². The number of rotatable bonds is 4. The highest BCUT2D eigenvalue weighted by molar-refractivity contribution is 5.78. The fraction of sp³-hybridized carbons (Fsp3) is 0.647. The summed E-state index contributed by atoms with van der Waals surface area (Å²) in [5.41, 5.74) is 2.48. The maximum atomic E-state index is 12.7. The van der Waals surface area contributed by atoms with Gasteiger partial charge in [0.25, 0.3) is 0 Å². The number of allylic oxidation sites excluding steroid dienone is 1. The fourth-order valence-corrected chi connectivity index (χ4v) is 3.51. The first-order valence-electron chi connectivity index (χ1n) is 8.26. The Morgan fingerprint density at radius 2 is 2.27 bits per heavy atom. The quantitative estimate of drug-likeness (QED) is 0.801. The normalized spacial score (nSPS) is 21.7. The second kappa shape index (κ2) is 6.65. The summed E-state index contributed by atoms with van der Waals surface area (Å²) in [6, 6.07) is 2.28. The Hall–Kier alpha value is -1.62. The van der Waals surface area contributed by atoms with E-state index in [1.54, 1.807) is 0 Å². The third-order valence-electron chi connectivity index (χ3n) is 4.57. The van der Waals surface area contributed by atoms with Crippen LogP contribution in [-0.2, 0) is 11.3 Å². The van der Waals surface area contributed by atoms with Crippen LogP contribution in [-0.4, -0.2) is 52.7 Å². The van der Waals surface area contributed by atoms with Crippen molar-refractivity contribution in [1.82, 2.24) is 19.6 Å². The summed E-state index contributed by atoms with van der Waals surface area (Å²) >= 11 is 0. The maximum Gasteiger partial charge on any atom is 0.227 e. The first-order chi connectivity index (χ1) is 10.6. The average Bonchev–Trinajstić information content (AvgIpc) is 2.96. The van der Waals surface area contributed by atoms with Gasteiger partial charge in [0.1, 0.15) is 0 Å². The lowest BCUT2D eigenvalue weighted by Crippen LogP contribution is -2.44. The number of fused-ring (bicyclic) bond motifs is 1. The highest BCUT2D eigenvalue weighted by Crippen LogP contribution is 2.25. The highest BCUT2D eigenvalue weighted by atomic mass is 16.2. The van der Waals surface area contributed by atoms with Gasteiger partial charge in [0.05, 0.1) is 18.3 Å². The Morgan fingerprint density at radius 3 is 3.00 bits per heavy atom. The van der Waals surface area contributed by atoms with Crippen molar-refractivity contribution >= 4 is 5.91 Å². The number of carbonyl (C=O) groups excluding carboxylic acids is 1. The molecule has 1 unspecified atom stereocenters. The summed E-state index contributed by atoms with van der Waals surface area (Å²) < 4.78 is 2.09. The number of hydrogen-bond donors (Lipinski definition) is 0. The van der Waals surface area contributed by atoms with Crippen LogP contribution in [0.15, 0.2) is 23.9 Å². The third kappa shape index (κ3) is 3.40. The van der Waals surface area contributed by atoms with Gasteiger partial charge in [-0.1, -0.05) is 11.6 Å². The lowest BCUT2D eigenvalue weighted by atomic mass is 9.96. The molecule has 0 aromatic carbocycles. The van der Waals surface area contributed by atoms with Crippen LogP contribution in [0.4, 0.5) is 0 Å². The monoisotopic (exact) mass is 302 g/mol. The van der Waals surface area contributed by atoms with Gasteiger partial charge in [0, 0.05) is 25.7 Å². The molecule has 0 bridgehead atoms. The van der Waals surface area contributed by atoms with E-state index in [0.29, 0.717) is 13.0 Å². The molecule has 0 spiro atoms. The Labute approximate surface area is 132 Å². The summed E-state index contributed by atoms with van der Waals surface area (Å²) in [5, 5.41) is 4.44. The van der Waals surface area contributed by atoms with Crippen LogP contribution in [0, 0.1) is 0 Å². The SMILES string of the molecule is CN(C)CC1CN(C(=O)CC2=CCCCC2)Cc2ccnn21. The van der Waals surface area contributed by atoms with Gasteiger partial charge in [0.15, 0.2) is 0 Å². The molecule has 1 atom stereocenters. The second-order valence-electron chi connectivity index (χ2n) is 6.74. The molecule has 0 N–H and O–H groups in total. The Bertz CT molecular complexity index is 561. The molecule has 2 heterocycles. The summed E-state index contributed by atoms with van der Waals surface area (Å²) in [5.74, 6) is 0.268. The van der Waals surface area contributed by atoms with Crippen molar-refractivity contribution in [1.29, 1.82) is 0 Å². The Morgan fingerprint density at radius 1 is 1.41 bits per heavy atom. The van der Waals surface area contributed by atoms with Crippen molar-refractivity contribution in [2.45, 2.75) is 44.7 Å². The molecule has 1 aromatic heterocycles. The zero-order valence-electron chi connectivity index (χ0n) is 13.7. The van der Waals surface area contributed by atoms with Crippen LogP contribution < -0.4 is 0 Å². The van der Waals surface area contributed by atoms with Crippen LogP contribution in [0.2, 0.25) is 0 Å². The molecule has 5 nitrogen and oxygen atoms in total. The first-order valence-corrected chi connectivity index (χ1v) is 8.26. The minimum atomic E-state index is 0.248. The summed E-state index contributed by atoms with van der Waals surface area (Å²) in [6.07, 6.45) is 9.45. The van der Waals surface area contributed by atoms with Crippen LogP contribution in [0.5, 0.6) is 0 Å². The Balaban J connectivity index is 1.69. The minimum Gasteiger partial charge on any atom is -0.334 e. The highest BCUT2D eigenvalue weighted by Gasteiger charge is 2.29. The lowest BCUT2D eigenvalue weighted by molar-refractivity contribution is -0.132. The van der Waals surface area contributed by atoms with E-state index in [1.807, 2.05) is 17.2 Å². The molecular weight excluding hydrogens is 276 g/mol. The molecule has 5 heteroatoms. The standard InChI is InChI=1S/C17H26N4O/c1-19(2)11-16-13-20(12-15-8-9-18-21(15)16)17(22)10-14-6-4-3-5-7-14/h6,8-9,16H,3-5,7,10-13H2,1-2H3. The van der Waals surface area contributed by atoms with Crippen LogP contribution in [0.1, 0.15) is 43.8 Å². The fourth-order valence-electron chi connectivity index (χ4n) is 3.51. The molecule has 1 aliphatic carbocycles. The predicted molar refractivity (Wildman–Crippen MR) is 86.4 cm³/mol. The number of likely N-dealkylation sites (N-methyl/N-ethyl adjacent to an activating group) is 1. The number of hydrogen-bond acceptors (Lipinski definition) is 3. The van der Waals surface area contributed by atoms with Crippen LogP contribution >= 0.6 is 0 Å². The van der Waals surface area contributed by atoms with E-state index in [-0.39, 0.29) is 11.9 Å². The van der Waals surface area contributed by atoms with Crippen molar-refractivity contribution in [2.24, 2.45) is 0 Å². The molecule has 22 heavy (non-hydrogen) atoms. The largest absolute Gasteiger partial charge is 0.334 e. The molecular formula is C17H26N4O. The average molecular weight is 302 g/mol. The van der Waals surface area contributed by atoms with E-state index in [2.05, 4.69) is 34.9 Å². The van der Waals surface area contributed by atoms with Gasteiger partial charge < -0.3 is 9.80 Å². The second-order valence-corrected chi connectivity index (χ2v) is 6.74. The number of nitrogens with zero attached hydrogens (tertiary/aromatic N) is 4. The molecule has 2 aliphatic rings. The van der Waals surface area contributed by atoms with Gasteiger partial charge in [0.2, 0.25) is 5.91 Å². The predicted octanol–water partition coefficient (Wildman–Crippen LogP) is 2.22. The first kappa shape index (κ1) is 15.3. The minimum absolute atomic E-state index is 0.248. The van der Waals surface area contributed by atoms with Crippen LogP contribution in [0.3, 0.4) is 0 Å². The van der Waals surface area contributed by atoms with Gasteiger partial charge >= 0.3 is 0 Å². The van der Waals surface area contributed by atoms with E-state index in [1.165, 1.54) is 18.4 Å². The maximum absolute atomic E-state index is 12.7. The molecule has 0 saturated heterocycles. The van der Waals surface area contributed by atoms with Crippen molar-refractivity contribution in [3.8, 4) is 0 Å². The zero-order valence-corrected chi connectivity index (χ0v) is 13.7. The van der Waals surface area contributed by atoms with E-state index in [0.717, 1.165) is 31.6 Å². The molecule has 120 valence electrons. The van der Waals surface area contributed by atoms with Crippen molar-refractivity contribution in [2.75, 3.05) is 27.2 Å². The summed E-state index contributed by atoms with van der Waals surface area (Å²) in [4.78, 5) is 16.8.